The highest BCUT2D eigenvalue weighted by Gasteiger charge is 2.36. The molecule has 0 radical (unpaired) electrons. The molecule has 26 heavy (non-hydrogen) atoms. The Labute approximate surface area is 152 Å². The molecule has 1 saturated heterocycles. The van der Waals surface area contributed by atoms with Crippen LogP contribution < -0.4 is 14.8 Å². The Bertz CT molecular complexity index is 703. The van der Waals surface area contributed by atoms with Gasteiger partial charge in [0.15, 0.2) is 11.5 Å². The molecule has 2 fully saturated rings. The van der Waals surface area contributed by atoms with Crippen molar-refractivity contribution in [3.8, 4) is 11.5 Å². The zero-order chi connectivity index (χ0) is 18.1. The number of likely N-dealkylation sites (tertiary alicyclic amines) is 1. The Kier molecular flexibility index (Phi) is 4.61. The van der Waals surface area contributed by atoms with Gasteiger partial charge in [-0.2, -0.15) is 0 Å². The summed E-state index contributed by atoms with van der Waals surface area (Å²) in [7, 11) is 0. The summed E-state index contributed by atoms with van der Waals surface area (Å²) in [6.07, 6.45) is 3.52. The standard InChI is InChI=1S/C19H24N2O5/c22-18(23)14-2-1-7-21(11-14)19(24)20-17(12-3-4-12)13-5-6-15-16(10-13)26-9-8-25-15/h5-6,10,12,14,17H,1-4,7-9,11H2,(H,20,24)(H,22,23). The van der Waals surface area contributed by atoms with Crippen LogP contribution in [0.1, 0.15) is 37.3 Å². The number of hydrogen-bond acceptors (Lipinski definition) is 4. The summed E-state index contributed by atoms with van der Waals surface area (Å²) >= 11 is 0. The van der Waals surface area contributed by atoms with Crippen molar-refractivity contribution in [2.24, 2.45) is 11.8 Å². The first-order chi connectivity index (χ1) is 12.6. The molecule has 2 heterocycles. The van der Waals surface area contributed by atoms with Gasteiger partial charge in [0.05, 0.1) is 12.0 Å². The van der Waals surface area contributed by atoms with E-state index in [1.165, 1.54) is 0 Å². The number of hydrogen-bond donors (Lipinski definition) is 2. The average Bonchev–Trinajstić information content (AvgIpc) is 3.50. The lowest BCUT2D eigenvalue weighted by molar-refractivity contribution is -0.143. The zero-order valence-electron chi connectivity index (χ0n) is 14.6. The van der Waals surface area contributed by atoms with Gasteiger partial charge in [0.25, 0.3) is 0 Å². The number of fused-ring (bicyclic) bond motifs is 1. The van der Waals surface area contributed by atoms with E-state index in [0.717, 1.165) is 36.3 Å². The molecule has 1 aromatic rings. The molecule has 2 N–H and O–H groups in total. The second-order valence-electron chi connectivity index (χ2n) is 7.29. The lowest BCUT2D eigenvalue weighted by atomic mass is 9.98. The van der Waals surface area contributed by atoms with Crippen LogP contribution in [0.5, 0.6) is 11.5 Å². The molecule has 0 spiro atoms. The number of nitrogens with one attached hydrogen (secondary N) is 1. The highest BCUT2D eigenvalue weighted by molar-refractivity contribution is 5.77. The van der Waals surface area contributed by atoms with Crippen LogP contribution in [0.2, 0.25) is 0 Å². The van der Waals surface area contributed by atoms with E-state index in [2.05, 4.69) is 5.32 Å². The Morgan fingerprint density at radius 3 is 2.65 bits per heavy atom. The molecule has 2 aliphatic heterocycles. The van der Waals surface area contributed by atoms with Gasteiger partial charge in [0, 0.05) is 13.1 Å². The number of amides is 2. The maximum absolute atomic E-state index is 12.7. The fraction of sp³-hybridized carbons (Fsp3) is 0.579. The van der Waals surface area contributed by atoms with E-state index in [9.17, 15) is 14.7 Å². The minimum absolute atomic E-state index is 0.0801. The van der Waals surface area contributed by atoms with Gasteiger partial charge in [-0.25, -0.2) is 4.79 Å². The molecule has 4 rings (SSSR count). The number of carboxylic acids is 1. The van der Waals surface area contributed by atoms with Crippen molar-refractivity contribution in [3.63, 3.8) is 0 Å². The predicted molar refractivity (Wildman–Crippen MR) is 93.4 cm³/mol. The molecule has 0 aromatic heterocycles. The third kappa shape index (κ3) is 3.57. The minimum Gasteiger partial charge on any atom is -0.486 e. The first-order valence-corrected chi connectivity index (χ1v) is 9.29. The number of rotatable bonds is 4. The van der Waals surface area contributed by atoms with Crippen molar-refractivity contribution in [1.82, 2.24) is 10.2 Å². The van der Waals surface area contributed by atoms with Gasteiger partial charge in [0.1, 0.15) is 13.2 Å². The predicted octanol–water partition coefficient (Wildman–Crippen LogP) is 2.42. The number of aliphatic carboxylic acids is 1. The number of benzene rings is 1. The number of piperidine rings is 1. The van der Waals surface area contributed by atoms with Gasteiger partial charge in [-0.3, -0.25) is 4.79 Å². The van der Waals surface area contributed by atoms with E-state index >= 15 is 0 Å². The summed E-state index contributed by atoms with van der Waals surface area (Å²) in [4.78, 5) is 25.6. The lowest BCUT2D eigenvalue weighted by Gasteiger charge is -2.32. The van der Waals surface area contributed by atoms with Crippen molar-refractivity contribution in [2.75, 3.05) is 26.3 Å². The number of carbonyl (C=O) groups excluding carboxylic acids is 1. The molecule has 1 aliphatic carbocycles. The van der Waals surface area contributed by atoms with E-state index in [-0.39, 0.29) is 18.6 Å². The molecule has 7 heteroatoms. The van der Waals surface area contributed by atoms with E-state index in [4.69, 9.17) is 9.47 Å². The van der Waals surface area contributed by atoms with Gasteiger partial charge >= 0.3 is 12.0 Å². The van der Waals surface area contributed by atoms with Crippen molar-refractivity contribution in [3.05, 3.63) is 23.8 Å². The monoisotopic (exact) mass is 360 g/mol. The normalized spacial score (nSPS) is 23.2. The van der Waals surface area contributed by atoms with Gasteiger partial charge in [0.2, 0.25) is 0 Å². The Morgan fingerprint density at radius 2 is 1.92 bits per heavy atom. The van der Waals surface area contributed by atoms with Crippen LogP contribution in [-0.4, -0.2) is 48.3 Å². The van der Waals surface area contributed by atoms with Gasteiger partial charge < -0.3 is 24.8 Å². The largest absolute Gasteiger partial charge is 0.486 e. The molecule has 140 valence electrons. The molecule has 2 atom stereocenters. The van der Waals surface area contributed by atoms with Crippen molar-refractivity contribution >= 4 is 12.0 Å². The van der Waals surface area contributed by atoms with Gasteiger partial charge in [-0.15, -0.1) is 0 Å². The van der Waals surface area contributed by atoms with Crippen LogP contribution in [-0.2, 0) is 4.79 Å². The number of nitrogens with zero attached hydrogens (tertiary/aromatic N) is 1. The van der Waals surface area contributed by atoms with Crippen LogP contribution in [0.25, 0.3) is 0 Å². The summed E-state index contributed by atoms with van der Waals surface area (Å²) in [6.45, 7) is 1.96. The molecule has 2 amide bonds. The molecule has 1 aromatic carbocycles. The summed E-state index contributed by atoms with van der Waals surface area (Å²) in [5.74, 6) is 0.580. The summed E-state index contributed by atoms with van der Waals surface area (Å²) in [6, 6.07) is 5.57. The quantitative estimate of drug-likeness (QED) is 0.861. The van der Waals surface area contributed by atoms with Crippen LogP contribution in [0.15, 0.2) is 18.2 Å². The Morgan fingerprint density at radius 1 is 1.15 bits per heavy atom. The number of ether oxygens (including phenoxy) is 2. The van der Waals surface area contributed by atoms with Crippen LogP contribution in [0, 0.1) is 11.8 Å². The third-order valence-corrected chi connectivity index (χ3v) is 5.36. The zero-order valence-corrected chi connectivity index (χ0v) is 14.6. The maximum atomic E-state index is 12.7. The third-order valence-electron chi connectivity index (χ3n) is 5.36. The van der Waals surface area contributed by atoms with Gasteiger partial charge in [-0.05, 0) is 49.3 Å². The molecule has 3 aliphatic rings. The number of urea groups is 1. The van der Waals surface area contributed by atoms with Crippen LogP contribution >= 0.6 is 0 Å². The second kappa shape index (κ2) is 7.05. The van der Waals surface area contributed by atoms with Crippen LogP contribution in [0.4, 0.5) is 4.79 Å². The fourth-order valence-corrected chi connectivity index (χ4v) is 3.74. The molecule has 2 unspecified atom stereocenters. The molecular formula is C19H24N2O5. The van der Waals surface area contributed by atoms with Gasteiger partial charge in [-0.1, -0.05) is 6.07 Å². The lowest BCUT2D eigenvalue weighted by Crippen LogP contribution is -2.48. The van der Waals surface area contributed by atoms with Crippen molar-refractivity contribution < 1.29 is 24.2 Å². The summed E-state index contributed by atoms with van der Waals surface area (Å²) in [5, 5.41) is 12.4. The van der Waals surface area contributed by atoms with E-state index in [1.807, 2.05) is 18.2 Å². The molecule has 1 saturated carbocycles. The topological polar surface area (TPSA) is 88.1 Å². The minimum atomic E-state index is -0.826. The highest BCUT2D eigenvalue weighted by Crippen LogP contribution is 2.43. The second-order valence-corrected chi connectivity index (χ2v) is 7.29. The summed E-state index contributed by atoms with van der Waals surface area (Å²) < 4.78 is 11.2. The molecular weight excluding hydrogens is 336 g/mol. The highest BCUT2D eigenvalue weighted by atomic mass is 16.6. The fourth-order valence-electron chi connectivity index (χ4n) is 3.74. The number of carbonyl (C=O) groups is 2. The first kappa shape index (κ1) is 17.0. The molecule has 7 nitrogen and oxygen atoms in total. The average molecular weight is 360 g/mol. The van der Waals surface area contributed by atoms with Crippen molar-refractivity contribution in [2.45, 2.75) is 31.7 Å². The van der Waals surface area contributed by atoms with E-state index in [0.29, 0.717) is 32.1 Å². The SMILES string of the molecule is O=C(O)C1CCCN(C(=O)NC(c2ccc3c(c2)OCCO3)C2CC2)C1. The molecule has 0 bridgehead atoms. The Balaban J connectivity index is 1.47. The van der Waals surface area contributed by atoms with Crippen LogP contribution in [0.3, 0.4) is 0 Å². The van der Waals surface area contributed by atoms with Crippen molar-refractivity contribution in [1.29, 1.82) is 0 Å². The van der Waals surface area contributed by atoms with E-state index in [1.54, 1.807) is 4.90 Å². The maximum Gasteiger partial charge on any atom is 0.317 e. The first-order valence-electron chi connectivity index (χ1n) is 9.29. The smallest absolute Gasteiger partial charge is 0.317 e. The Hall–Kier alpha value is -2.44. The van der Waals surface area contributed by atoms with E-state index < -0.39 is 11.9 Å². The summed E-state index contributed by atoms with van der Waals surface area (Å²) in [5.41, 5.74) is 1.01. The number of carboxylic acid groups (broad SMARTS) is 1.